The number of guanidine groups is 1. The third kappa shape index (κ3) is 3.11. The summed E-state index contributed by atoms with van der Waals surface area (Å²) in [5.74, 6) is 0.236. The van der Waals surface area contributed by atoms with Gasteiger partial charge in [-0.3, -0.25) is 15.1 Å². The zero-order valence-electron chi connectivity index (χ0n) is 12.0. The molecule has 1 aromatic carbocycles. The molecule has 0 aliphatic heterocycles. The molecule has 0 aliphatic rings. The highest BCUT2D eigenvalue weighted by Crippen LogP contribution is 2.21. The highest BCUT2D eigenvalue weighted by Gasteiger charge is 2.12. The van der Waals surface area contributed by atoms with E-state index in [0.717, 1.165) is 16.5 Å². The van der Waals surface area contributed by atoms with Gasteiger partial charge in [-0.25, -0.2) is 0 Å². The second kappa shape index (κ2) is 6.43. The van der Waals surface area contributed by atoms with Gasteiger partial charge in [0.1, 0.15) is 5.69 Å². The van der Waals surface area contributed by atoms with Crippen LogP contribution in [0, 0.1) is 13.8 Å². The number of amides is 1. The Morgan fingerprint density at radius 1 is 1.25 bits per heavy atom. The maximum Gasteiger partial charge on any atom is 0.274 e. The summed E-state index contributed by atoms with van der Waals surface area (Å²) in [7, 11) is 3.33. The summed E-state index contributed by atoms with van der Waals surface area (Å²) in [6, 6.07) is 6.00. The van der Waals surface area contributed by atoms with E-state index in [9.17, 15) is 4.79 Å². The van der Waals surface area contributed by atoms with Gasteiger partial charge in [0, 0.05) is 25.0 Å². The number of hydrogen-bond donors (Lipinski definition) is 3. The highest BCUT2D eigenvalue weighted by molar-refractivity contribution is 6.07. The Morgan fingerprint density at radius 2 is 1.95 bits per heavy atom. The lowest BCUT2D eigenvalue weighted by Crippen LogP contribution is -2.39. The van der Waals surface area contributed by atoms with Crippen LogP contribution in [0.2, 0.25) is 0 Å². The fraction of sp³-hybridized carbons (Fsp3) is 0.286. The van der Waals surface area contributed by atoms with Crippen molar-refractivity contribution >= 4 is 35.2 Å². The lowest BCUT2D eigenvalue weighted by atomic mass is 10.1. The standard InChI is InChI=1S/C14H18N4O.ClH/c1-8-5-9(2)10-7-12(17-11(10)6-8)13(19)18-14(15-3)16-4;/h5-7,17H,1-4H3,(H2,15,16,18,19);1H. The van der Waals surface area contributed by atoms with E-state index in [-0.39, 0.29) is 18.3 Å². The third-order valence-corrected chi connectivity index (χ3v) is 3.03. The van der Waals surface area contributed by atoms with Crippen LogP contribution in [0.15, 0.2) is 23.2 Å². The fourth-order valence-corrected chi connectivity index (χ4v) is 2.13. The Labute approximate surface area is 124 Å². The minimum atomic E-state index is -0.205. The zero-order valence-corrected chi connectivity index (χ0v) is 12.8. The van der Waals surface area contributed by atoms with E-state index >= 15 is 0 Å². The van der Waals surface area contributed by atoms with Crippen molar-refractivity contribution in [3.8, 4) is 0 Å². The molecule has 1 heterocycles. The average molecular weight is 295 g/mol. The van der Waals surface area contributed by atoms with Gasteiger partial charge in [0.2, 0.25) is 0 Å². The number of aromatic nitrogens is 1. The summed E-state index contributed by atoms with van der Waals surface area (Å²) < 4.78 is 0. The quantitative estimate of drug-likeness (QED) is 0.557. The zero-order chi connectivity index (χ0) is 14.0. The van der Waals surface area contributed by atoms with Gasteiger partial charge < -0.3 is 10.3 Å². The van der Waals surface area contributed by atoms with Crippen molar-refractivity contribution in [2.75, 3.05) is 14.1 Å². The molecular weight excluding hydrogens is 276 g/mol. The molecule has 20 heavy (non-hydrogen) atoms. The van der Waals surface area contributed by atoms with Crippen LogP contribution >= 0.6 is 12.4 Å². The number of nitrogens with zero attached hydrogens (tertiary/aromatic N) is 1. The van der Waals surface area contributed by atoms with Crippen molar-refractivity contribution in [3.05, 3.63) is 35.0 Å². The number of nitrogens with one attached hydrogen (secondary N) is 3. The lowest BCUT2D eigenvalue weighted by molar-refractivity contribution is 0.0972. The minimum absolute atomic E-state index is 0. The lowest BCUT2D eigenvalue weighted by Gasteiger charge is -2.05. The van der Waals surface area contributed by atoms with Crippen molar-refractivity contribution in [2.45, 2.75) is 13.8 Å². The van der Waals surface area contributed by atoms with Crippen molar-refractivity contribution in [3.63, 3.8) is 0 Å². The van der Waals surface area contributed by atoms with Gasteiger partial charge in [0.15, 0.2) is 5.96 Å². The van der Waals surface area contributed by atoms with E-state index in [1.54, 1.807) is 14.1 Å². The van der Waals surface area contributed by atoms with Gasteiger partial charge in [-0.1, -0.05) is 6.07 Å². The van der Waals surface area contributed by atoms with Crippen LogP contribution in [0.4, 0.5) is 0 Å². The molecule has 5 nitrogen and oxygen atoms in total. The van der Waals surface area contributed by atoms with Crippen LogP contribution in [0.25, 0.3) is 10.9 Å². The first-order valence-corrected chi connectivity index (χ1v) is 6.11. The normalized spacial score (nSPS) is 11.1. The number of aliphatic imine (C=N–C) groups is 1. The molecule has 1 amide bonds. The van der Waals surface area contributed by atoms with Gasteiger partial charge in [0.25, 0.3) is 5.91 Å². The molecule has 0 bridgehead atoms. The number of benzene rings is 1. The van der Waals surface area contributed by atoms with E-state index in [4.69, 9.17) is 0 Å². The van der Waals surface area contributed by atoms with Crippen LogP contribution in [0.5, 0.6) is 0 Å². The number of hydrogen-bond acceptors (Lipinski definition) is 2. The Morgan fingerprint density at radius 3 is 2.55 bits per heavy atom. The monoisotopic (exact) mass is 294 g/mol. The van der Waals surface area contributed by atoms with E-state index in [1.807, 2.05) is 26.0 Å². The number of aromatic amines is 1. The van der Waals surface area contributed by atoms with Crippen LogP contribution in [0.1, 0.15) is 21.6 Å². The van der Waals surface area contributed by atoms with E-state index in [1.165, 1.54) is 5.56 Å². The molecule has 0 unspecified atom stereocenters. The van der Waals surface area contributed by atoms with Crippen molar-refractivity contribution in [1.82, 2.24) is 15.6 Å². The first-order chi connectivity index (χ1) is 9.05. The summed E-state index contributed by atoms with van der Waals surface area (Å²) >= 11 is 0. The number of fused-ring (bicyclic) bond motifs is 1. The first-order valence-electron chi connectivity index (χ1n) is 6.11. The molecule has 2 aromatic rings. The predicted molar refractivity (Wildman–Crippen MR) is 84.9 cm³/mol. The predicted octanol–water partition coefficient (Wildman–Crippen LogP) is 2.14. The van der Waals surface area contributed by atoms with E-state index < -0.39 is 0 Å². The van der Waals surface area contributed by atoms with E-state index in [0.29, 0.717) is 11.7 Å². The number of rotatable bonds is 1. The maximum atomic E-state index is 12.1. The second-order valence-corrected chi connectivity index (χ2v) is 4.50. The molecule has 2 rings (SSSR count). The van der Waals surface area contributed by atoms with Gasteiger partial charge in [-0.05, 0) is 37.1 Å². The SMILES string of the molecule is CN=C(NC)NC(=O)c1cc2c(C)cc(C)cc2[nH]1.Cl. The Hall–Kier alpha value is -2.01. The van der Waals surface area contributed by atoms with Crippen molar-refractivity contribution in [1.29, 1.82) is 0 Å². The molecule has 0 spiro atoms. The summed E-state index contributed by atoms with van der Waals surface area (Å²) in [5.41, 5.74) is 3.83. The van der Waals surface area contributed by atoms with Gasteiger partial charge in [-0.15, -0.1) is 12.4 Å². The Bertz CT molecular complexity index is 660. The smallest absolute Gasteiger partial charge is 0.274 e. The van der Waals surface area contributed by atoms with Crippen LogP contribution in [-0.4, -0.2) is 30.9 Å². The van der Waals surface area contributed by atoms with Gasteiger partial charge in [0.05, 0.1) is 0 Å². The number of H-pyrrole nitrogens is 1. The molecule has 0 saturated heterocycles. The second-order valence-electron chi connectivity index (χ2n) is 4.50. The Balaban J connectivity index is 0.00000200. The summed E-state index contributed by atoms with van der Waals surface area (Å²) in [6.45, 7) is 4.08. The van der Waals surface area contributed by atoms with Crippen LogP contribution in [-0.2, 0) is 0 Å². The van der Waals surface area contributed by atoms with Crippen molar-refractivity contribution in [2.24, 2.45) is 4.99 Å². The molecule has 0 saturated carbocycles. The minimum Gasteiger partial charge on any atom is -0.359 e. The number of halogens is 1. The fourth-order valence-electron chi connectivity index (χ4n) is 2.13. The summed E-state index contributed by atoms with van der Waals surface area (Å²) in [6.07, 6.45) is 0. The molecule has 0 fully saturated rings. The Kier molecular flexibility index (Phi) is 5.16. The van der Waals surface area contributed by atoms with Crippen molar-refractivity contribution < 1.29 is 4.79 Å². The average Bonchev–Trinajstić information content (AvgIpc) is 2.79. The maximum absolute atomic E-state index is 12.1. The molecule has 6 heteroatoms. The molecule has 0 aliphatic carbocycles. The van der Waals surface area contributed by atoms with Crippen LogP contribution in [0.3, 0.4) is 0 Å². The summed E-state index contributed by atoms with van der Waals surface area (Å²) in [5, 5.41) is 6.57. The summed E-state index contributed by atoms with van der Waals surface area (Å²) in [4.78, 5) is 19.1. The first kappa shape index (κ1) is 16.0. The third-order valence-electron chi connectivity index (χ3n) is 3.03. The highest BCUT2D eigenvalue weighted by atomic mass is 35.5. The van der Waals surface area contributed by atoms with Gasteiger partial charge >= 0.3 is 0 Å². The molecule has 0 atom stereocenters. The molecule has 1 aromatic heterocycles. The molecule has 3 N–H and O–H groups in total. The molecular formula is C14H19ClN4O. The van der Waals surface area contributed by atoms with Gasteiger partial charge in [-0.2, -0.15) is 0 Å². The number of aryl methyl sites for hydroxylation is 2. The van der Waals surface area contributed by atoms with Crippen LogP contribution < -0.4 is 10.6 Å². The number of carbonyl (C=O) groups is 1. The largest absolute Gasteiger partial charge is 0.359 e. The number of carbonyl (C=O) groups excluding carboxylic acids is 1. The molecule has 0 radical (unpaired) electrons. The molecule has 108 valence electrons. The van der Waals surface area contributed by atoms with E-state index in [2.05, 4.69) is 26.7 Å². The topological polar surface area (TPSA) is 69.3 Å².